The van der Waals surface area contributed by atoms with E-state index in [1.54, 1.807) is 0 Å². The Morgan fingerprint density at radius 2 is 2.00 bits per heavy atom. The molecule has 2 heterocycles. The summed E-state index contributed by atoms with van der Waals surface area (Å²) in [6.45, 7) is 6.01. The zero-order chi connectivity index (χ0) is 15.0. The van der Waals surface area contributed by atoms with E-state index in [0.717, 1.165) is 25.6 Å². The Morgan fingerprint density at radius 3 is 2.71 bits per heavy atom. The number of hydrogen-bond donors (Lipinski definition) is 1. The molecular weight excluding hydrogens is 305 g/mol. The fourth-order valence-electron chi connectivity index (χ4n) is 4.01. The third kappa shape index (κ3) is 3.10. The lowest BCUT2D eigenvalue weighted by molar-refractivity contribution is 0.0722. The molecule has 3 rings (SSSR count). The molecular formula is C17H23Cl2NO. The molecule has 0 spiro atoms. The van der Waals surface area contributed by atoms with E-state index >= 15 is 0 Å². The molecule has 2 aliphatic rings. The lowest BCUT2D eigenvalue weighted by Gasteiger charge is -2.38. The average molecular weight is 328 g/mol. The van der Waals surface area contributed by atoms with E-state index in [1.807, 2.05) is 12.1 Å². The Labute approximate surface area is 137 Å². The smallest absolute Gasteiger partial charge is 0.0595 e. The maximum Gasteiger partial charge on any atom is 0.0595 e. The summed E-state index contributed by atoms with van der Waals surface area (Å²) in [4.78, 5) is 0. The van der Waals surface area contributed by atoms with Crippen LogP contribution in [-0.4, -0.2) is 25.3 Å². The SMILES string of the molecule is CCOC[C@@H]1[C@@H](c2ccc(Cl)c(Cl)c2)C[C@H]2N[C@@H]1CC2C. The van der Waals surface area contributed by atoms with Gasteiger partial charge < -0.3 is 10.1 Å². The molecule has 21 heavy (non-hydrogen) atoms. The van der Waals surface area contributed by atoms with Crippen LogP contribution in [0.15, 0.2) is 18.2 Å². The summed E-state index contributed by atoms with van der Waals surface area (Å²) in [7, 11) is 0. The van der Waals surface area contributed by atoms with E-state index in [4.69, 9.17) is 27.9 Å². The highest BCUT2D eigenvalue weighted by atomic mass is 35.5. The highest BCUT2D eigenvalue weighted by molar-refractivity contribution is 6.42. The molecule has 2 aliphatic heterocycles. The maximum atomic E-state index is 6.22. The molecule has 2 saturated heterocycles. The lowest BCUT2D eigenvalue weighted by Crippen LogP contribution is -2.46. The summed E-state index contributed by atoms with van der Waals surface area (Å²) in [5, 5.41) is 5.07. The third-order valence-corrected chi connectivity index (χ3v) is 5.91. The summed E-state index contributed by atoms with van der Waals surface area (Å²) < 4.78 is 5.77. The number of rotatable bonds is 4. The van der Waals surface area contributed by atoms with E-state index in [-0.39, 0.29) is 0 Å². The normalized spacial score (nSPS) is 35.1. The number of halogens is 2. The van der Waals surface area contributed by atoms with Crippen molar-refractivity contribution >= 4 is 23.2 Å². The predicted molar refractivity (Wildman–Crippen MR) is 88.3 cm³/mol. The van der Waals surface area contributed by atoms with Gasteiger partial charge in [0.1, 0.15) is 0 Å². The van der Waals surface area contributed by atoms with Crippen LogP contribution in [0.3, 0.4) is 0 Å². The van der Waals surface area contributed by atoms with Gasteiger partial charge in [-0.25, -0.2) is 0 Å². The summed E-state index contributed by atoms with van der Waals surface area (Å²) in [5.74, 6) is 1.77. The van der Waals surface area contributed by atoms with Crippen LogP contribution >= 0.6 is 23.2 Å². The van der Waals surface area contributed by atoms with Gasteiger partial charge in [0.25, 0.3) is 0 Å². The van der Waals surface area contributed by atoms with Crippen molar-refractivity contribution in [1.82, 2.24) is 5.32 Å². The van der Waals surface area contributed by atoms with Crippen LogP contribution in [0.5, 0.6) is 0 Å². The van der Waals surface area contributed by atoms with Crippen LogP contribution in [0.1, 0.15) is 38.2 Å². The monoisotopic (exact) mass is 327 g/mol. The van der Waals surface area contributed by atoms with Gasteiger partial charge in [-0.15, -0.1) is 0 Å². The molecule has 0 aromatic heterocycles. The Morgan fingerprint density at radius 1 is 1.19 bits per heavy atom. The fraction of sp³-hybridized carbons (Fsp3) is 0.647. The Bertz CT molecular complexity index is 506. The van der Waals surface area contributed by atoms with Crippen LogP contribution in [0.2, 0.25) is 10.0 Å². The molecule has 2 nitrogen and oxygen atoms in total. The van der Waals surface area contributed by atoms with E-state index in [2.05, 4.69) is 25.2 Å². The second kappa shape index (κ2) is 6.45. The molecule has 0 aliphatic carbocycles. The van der Waals surface area contributed by atoms with Gasteiger partial charge in [-0.3, -0.25) is 0 Å². The second-order valence-electron chi connectivity index (χ2n) is 6.43. The molecule has 5 atom stereocenters. The van der Waals surface area contributed by atoms with Gasteiger partial charge in [0.2, 0.25) is 0 Å². The maximum absolute atomic E-state index is 6.22. The minimum absolute atomic E-state index is 0.507. The van der Waals surface area contributed by atoms with Gasteiger partial charge in [-0.05, 0) is 49.3 Å². The first-order chi connectivity index (χ1) is 10.1. The van der Waals surface area contributed by atoms with Crippen molar-refractivity contribution in [2.24, 2.45) is 11.8 Å². The number of hydrogen-bond acceptors (Lipinski definition) is 2. The molecule has 2 fully saturated rings. The van der Waals surface area contributed by atoms with Crippen LogP contribution in [-0.2, 0) is 4.74 Å². The molecule has 2 bridgehead atoms. The number of ether oxygens (including phenoxy) is 1. The Hall–Kier alpha value is -0.280. The van der Waals surface area contributed by atoms with Crippen molar-refractivity contribution in [3.8, 4) is 0 Å². The van der Waals surface area contributed by atoms with Gasteiger partial charge in [0.15, 0.2) is 0 Å². The van der Waals surface area contributed by atoms with E-state index < -0.39 is 0 Å². The van der Waals surface area contributed by atoms with E-state index in [1.165, 1.54) is 12.0 Å². The zero-order valence-corrected chi connectivity index (χ0v) is 14.1. The summed E-state index contributed by atoms with van der Waals surface area (Å²) >= 11 is 12.3. The largest absolute Gasteiger partial charge is 0.381 e. The van der Waals surface area contributed by atoms with Crippen molar-refractivity contribution in [3.05, 3.63) is 33.8 Å². The van der Waals surface area contributed by atoms with Gasteiger partial charge in [0.05, 0.1) is 16.7 Å². The molecule has 1 N–H and O–H groups in total. The van der Waals surface area contributed by atoms with Crippen LogP contribution in [0.25, 0.3) is 0 Å². The third-order valence-electron chi connectivity index (χ3n) is 5.17. The Balaban J connectivity index is 1.87. The molecule has 1 aromatic rings. The molecule has 1 unspecified atom stereocenters. The topological polar surface area (TPSA) is 21.3 Å². The zero-order valence-electron chi connectivity index (χ0n) is 12.6. The fourth-order valence-corrected chi connectivity index (χ4v) is 4.32. The lowest BCUT2D eigenvalue weighted by atomic mass is 9.77. The molecule has 116 valence electrons. The van der Waals surface area contributed by atoms with Gasteiger partial charge in [-0.2, -0.15) is 0 Å². The standard InChI is InChI=1S/C17H23Cl2NO/c1-3-21-9-13-12(8-16-10(2)6-17(13)20-16)11-4-5-14(18)15(19)7-11/h4-5,7,10,12-13,16-17,20H,3,6,8-9H2,1-2H3/t10?,12-,13-,16-,17-/m1/s1. The number of nitrogens with one attached hydrogen (secondary N) is 1. The van der Waals surface area contributed by atoms with Crippen LogP contribution in [0, 0.1) is 11.8 Å². The van der Waals surface area contributed by atoms with Gasteiger partial charge in [-0.1, -0.05) is 36.2 Å². The second-order valence-corrected chi connectivity index (χ2v) is 7.25. The van der Waals surface area contributed by atoms with Crippen LogP contribution in [0.4, 0.5) is 0 Å². The first-order valence-electron chi connectivity index (χ1n) is 7.89. The van der Waals surface area contributed by atoms with Gasteiger partial charge >= 0.3 is 0 Å². The van der Waals surface area contributed by atoms with Crippen LogP contribution < -0.4 is 5.32 Å². The first kappa shape index (κ1) is 15.6. The predicted octanol–water partition coefficient (Wildman–Crippen LogP) is 4.50. The Kier molecular flexibility index (Phi) is 4.80. The first-order valence-corrected chi connectivity index (χ1v) is 8.64. The van der Waals surface area contributed by atoms with Crippen molar-refractivity contribution in [2.45, 2.75) is 44.7 Å². The molecule has 0 saturated carbocycles. The van der Waals surface area contributed by atoms with Crippen molar-refractivity contribution in [3.63, 3.8) is 0 Å². The quantitative estimate of drug-likeness (QED) is 0.879. The molecule has 0 radical (unpaired) electrons. The summed E-state index contributed by atoms with van der Waals surface area (Å²) in [6, 6.07) is 7.28. The minimum atomic E-state index is 0.507. The number of piperidine rings is 1. The van der Waals surface area contributed by atoms with Gasteiger partial charge in [0, 0.05) is 24.6 Å². The van der Waals surface area contributed by atoms with E-state index in [9.17, 15) is 0 Å². The van der Waals surface area contributed by atoms with E-state index in [0.29, 0.717) is 34.0 Å². The van der Waals surface area contributed by atoms with Crippen molar-refractivity contribution in [1.29, 1.82) is 0 Å². The molecule has 0 amide bonds. The molecule has 4 heteroatoms. The number of benzene rings is 1. The number of fused-ring (bicyclic) bond motifs is 2. The highest BCUT2D eigenvalue weighted by Crippen LogP contribution is 2.44. The summed E-state index contributed by atoms with van der Waals surface area (Å²) in [5.41, 5.74) is 1.31. The highest BCUT2D eigenvalue weighted by Gasteiger charge is 2.45. The van der Waals surface area contributed by atoms with Crippen molar-refractivity contribution in [2.75, 3.05) is 13.2 Å². The van der Waals surface area contributed by atoms with Crippen molar-refractivity contribution < 1.29 is 4.74 Å². The summed E-state index contributed by atoms with van der Waals surface area (Å²) in [6.07, 6.45) is 2.41. The molecule has 1 aromatic carbocycles. The average Bonchev–Trinajstić information content (AvgIpc) is 2.77. The minimum Gasteiger partial charge on any atom is -0.381 e.